The Bertz CT molecular complexity index is 526. The quantitative estimate of drug-likeness (QED) is 0.581. The van der Waals surface area contributed by atoms with E-state index in [0.29, 0.717) is 14.9 Å². The van der Waals surface area contributed by atoms with Gasteiger partial charge in [-0.1, -0.05) is 75.5 Å². The average Bonchev–Trinajstić information content (AvgIpc) is 2.42. The molecular formula is C16H15BrCl2. The summed E-state index contributed by atoms with van der Waals surface area (Å²) < 4.78 is 0. The lowest BCUT2D eigenvalue weighted by Gasteiger charge is -2.10. The van der Waals surface area contributed by atoms with Gasteiger partial charge in [0, 0.05) is 4.83 Å². The van der Waals surface area contributed by atoms with Crippen molar-refractivity contribution in [3.8, 4) is 0 Å². The maximum absolute atomic E-state index is 6.02. The molecule has 2 aromatic rings. The van der Waals surface area contributed by atoms with Gasteiger partial charge in [-0.25, -0.2) is 0 Å². The minimum atomic E-state index is 0.449. The molecule has 0 bridgehead atoms. The van der Waals surface area contributed by atoms with E-state index in [1.54, 1.807) is 0 Å². The van der Waals surface area contributed by atoms with Gasteiger partial charge in [-0.2, -0.15) is 0 Å². The zero-order valence-corrected chi connectivity index (χ0v) is 13.5. The molecule has 2 rings (SSSR count). The van der Waals surface area contributed by atoms with E-state index in [9.17, 15) is 0 Å². The van der Waals surface area contributed by atoms with Crippen molar-refractivity contribution in [1.29, 1.82) is 0 Å². The molecule has 0 saturated carbocycles. The molecule has 0 aliphatic carbocycles. The molecule has 1 atom stereocenters. The van der Waals surface area contributed by atoms with Crippen molar-refractivity contribution in [2.24, 2.45) is 0 Å². The van der Waals surface area contributed by atoms with Gasteiger partial charge >= 0.3 is 0 Å². The summed E-state index contributed by atoms with van der Waals surface area (Å²) in [5.74, 6) is 0. The smallest absolute Gasteiger partial charge is 0.0595 e. The standard InChI is InChI=1S/C16H15BrCl2/c17-14(8-6-12-4-2-1-3-5-12)10-13-7-9-15(18)16(19)11-13/h1-5,7,9,11,14H,6,8,10H2. The van der Waals surface area contributed by atoms with Gasteiger partial charge in [0.2, 0.25) is 0 Å². The van der Waals surface area contributed by atoms with Crippen LogP contribution in [0.15, 0.2) is 48.5 Å². The van der Waals surface area contributed by atoms with E-state index in [2.05, 4.69) is 40.2 Å². The summed E-state index contributed by atoms with van der Waals surface area (Å²) in [6.07, 6.45) is 3.14. The fourth-order valence-corrected chi connectivity index (χ4v) is 2.92. The predicted octanol–water partition coefficient (Wildman–Crippen LogP) is 5.93. The molecule has 0 heterocycles. The van der Waals surface area contributed by atoms with E-state index in [1.807, 2.05) is 24.3 Å². The van der Waals surface area contributed by atoms with Crippen LogP contribution in [0.2, 0.25) is 10.0 Å². The van der Waals surface area contributed by atoms with Crippen molar-refractivity contribution >= 4 is 39.1 Å². The SMILES string of the molecule is Clc1ccc(CC(Br)CCc2ccccc2)cc1Cl. The molecule has 2 aromatic carbocycles. The maximum atomic E-state index is 6.02. The molecule has 0 aromatic heterocycles. The normalized spacial score (nSPS) is 12.4. The Morgan fingerprint density at radius 1 is 0.895 bits per heavy atom. The molecule has 100 valence electrons. The van der Waals surface area contributed by atoms with E-state index in [1.165, 1.54) is 11.1 Å². The summed E-state index contributed by atoms with van der Waals surface area (Å²) in [5, 5.41) is 1.24. The predicted molar refractivity (Wildman–Crippen MR) is 87.6 cm³/mol. The third-order valence-corrected chi connectivity index (χ3v) is 4.55. The van der Waals surface area contributed by atoms with Gasteiger partial charge in [0.15, 0.2) is 0 Å². The largest absolute Gasteiger partial charge is 0.0887 e. The zero-order chi connectivity index (χ0) is 13.7. The van der Waals surface area contributed by atoms with Gasteiger partial charge in [-0.15, -0.1) is 0 Å². The van der Waals surface area contributed by atoms with E-state index in [0.717, 1.165) is 19.3 Å². The van der Waals surface area contributed by atoms with Crippen LogP contribution >= 0.6 is 39.1 Å². The molecule has 0 amide bonds. The third-order valence-electron chi connectivity index (χ3n) is 3.03. The topological polar surface area (TPSA) is 0 Å². The minimum Gasteiger partial charge on any atom is -0.0887 e. The Balaban J connectivity index is 1.87. The summed E-state index contributed by atoms with van der Waals surface area (Å²) in [6, 6.07) is 16.4. The van der Waals surface area contributed by atoms with Crippen molar-refractivity contribution in [1.82, 2.24) is 0 Å². The number of hydrogen-bond acceptors (Lipinski definition) is 0. The van der Waals surface area contributed by atoms with Gasteiger partial charge < -0.3 is 0 Å². The first kappa shape index (κ1) is 14.9. The van der Waals surface area contributed by atoms with Crippen molar-refractivity contribution in [3.05, 3.63) is 69.7 Å². The Morgan fingerprint density at radius 3 is 2.32 bits per heavy atom. The fraction of sp³-hybridized carbons (Fsp3) is 0.250. The average molecular weight is 358 g/mol. The van der Waals surface area contributed by atoms with Crippen LogP contribution in [0.25, 0.3) is 0 Å². The van der Waals surface area contributed by atoms with Crippen LogP contribution in [0.3, 0.4) is 0 Å². The molecule has 1 unspecified atom stereocenters. The molecule has 3 heteroatoms. The highest BCUT2D eigenvalue weighted by atomic mass is 79.9. The lowest BCUT2D eigenvalue weighted by atomic mass is 10.0. The van der Waals surface area contributed by atoms with Crippen LogP contribution in [0.4, 0.5) is 0 Å². The van der Waals surface area contributed by atoms with Crippen molar-refractivity contribution in [2.45, 2.75) is 24.1 Å². The van der Waals surface area contributed by atoms with Crippen LogP contribution in [-0.2, 0) is 12.8 Å². The van der Waals surface area contributed by atoms with Gasteiger partial charge in [0.05, 0.1) is 10.0 Å². The third kappa shape index (κ3) is 4.83. The molecule has 0 fully saturated rings. The monoisotopic (exact) mass is 356 g/mol. The van der Waals surface area contributed by atoms with Crippen molar-refractivity contribution in [2.75, 3.05) is 0 Å². The highest BCUT2D eigenvalue weighted by Crippen LogP contribution is 2.25. The highest BCUT2D eigenvalue weighted by molar-refractivity contribution is 9.09. The molecule has 0 saturated heterocycles. The molecular weight excluding hydrogens is 343 g/mol. The summed E-state index contributed by atoms with van der Waals surface area (Å²) in [7, 11) is 0. The zero-order valence-electron chi connectivity index (χ0n) is 10.5. The minimum absolute atomic E-state index is 0.449. The second-order valence-corrected chi connectivity index (χ2v) is 6.68. The Hall–Kier alpha value is -0.500. The van der Waals surface area contributed by atoms with Crippen LogP contribution in [0.1, 0.15) is 17.5 Å². The fourth-order valence-electron chi connectivity index (χ4n) is 1.99. The van der Waals surface area contributed by atoms with Crippen LogP contribution < -0.4 is 0 Å². The van der Waals surface area contributed by atoms with Gasteiger partial charge in [-0.05, 0) is 42.5 Å². The Morgan fingerprint density at radius 2 is 1.63 bits per heavy atom. The van der Waals surface area contributed by atoms with E-state index >= 15 is 0 Å². The summed E-state index contributed by atoms with van der Waals surface area (Å²) >= 11 is 15.7. The van der Waals surface area contributed by atoms with Crippen LogP contribution in [-0.4, -0.2) is 4.83 Å². The summed E-state index contributed by atoms with van der Waals surface area (Å²) in [5.41, 5.74) is 2.59. The molecule has 0 N–H and O–H groups in total. The first-order chi connectivity index (χ1) is 9.15. The summed E-state index contributed by atoms with van der Waals surface area (Å²) in [4.78, 5) is 0.449. The lowest BCUT2D eigenvalue weighted by Crippen LogP contribution is -2.04. The van der Waals surface area contributed by atoms with E-state index in [-0.39, 0.29) is 0 Å². The van der Waals surface area contributed by atoms with Crippen LogP contribution in [0.5, 0.6) is 0 Å². The number of benzene rings is 2. The van der Waals surface area contributed by atoms with Gasteiger partial charge in [0.1, 0.15) is 0 Å². The van der Waals surface area contributed by atoms with Crippen molar-refractivity contribution < 1.29 is 0 Å². The van der Waals surface area contributed by atoms with Gasteiger partial charge in [-0.3, -0.25) is 0 Å². The molecule has 0 nitrogen and oxygen atoms in total. The number of halogens is 3. The molecule has 0 aliphatic heterocycles. The van der Waals surface area contributed by atoms with Crippen molar-refractivity contribution in [3.63, 3.8) is 0 Å². The maximum Gasteiger partial charge on any atom is 0.0595 e. The first-order valence-electron chi connectivity index (χ1n) is 6.27. The summed E-state index contributed by atoms with van der Waals surface area (Å²) in [6.45, 7) is 0. The lowest BCUT2D eigenvalue weighted by molar-refractivity contribution is 0.763. The molecule has 19 heavy (non-hydrogen) atoms. The number of rotatable bonds is 5. The Labute approximate surface area is 132 Å². The Kier molecular flexibility index (Phi) is 5.75. The van der Waals surface area contributed by atoms with Gasteiger partial charge in [0.25, 0.3) is 0 Å². The molecule has 0 aliphatic rings. The first-order valence-corrected chi connectivity index (χ1v) is 7.94. The molecule has 0 spiro atoms. The van der Waals surface area contributed by atoms with Crippen LogP contribution in [0, 0.1) is 0 Å². The molecule has 0 radical (unpaired) electrons. The van der Waals surface area contributed by atoms with E-state index in [4.69, 9.17) is 23.2 Å². The van der Waals surface area contributed by atoms with E-state index < -0.39 is 0 Å². The second-order valence-electron chi connectivity index (χ2n) is 4.57. The number of alkyl halides is 1. The second kappa shape index (κ2) is 7.33. The number of aryl methyl sites for hydroxylation is 1. The highest BCUT2D eigenvalue weighted by Gasteiger charge is 2.07. The number of hydrogen-bond donors (Lipinski definition) is 0.